The van der Waals surface area contributed by atoms with Gasteiger partial charge in [0.2, 0.25) is 15.9 Å². The Balaban J connectivity index is 1.13. The molecule has 10 nitrogen and oxygen atoms in total. The Hall–Kier alpha value is -1.25. The average Bonchev–Trinajstić information content (AvgIpc) is 3.60. The number of alkyl halides is 2. The number of carbonyl (C=O) groups is 1. The number of rotatable bonds is 8. The minimum atomic E-state index is -3.63. The second-order valence-electron chi connectivity index (χ2n) is 13.9. The number of fused-ring (bicyclic) bond motifs is 2. The van der Waals surface area contributed by atoms with E-state index in [0.717, 1.165) is 62.6 Å². The van der Waals surface area contributed by atoms with E-state index in [-0.39, 0.29) is 52.3 Å². The highest BCUT2D eigenvalue weighted by atomic mass is 35.5. The number of hydrogen-bond acceptors (Lipinski definition) is 9. The molecule has 14 heteroatoms. The van der Waals surface area contributed by atoms with E-state index >= 15 is 0 Å². The second-order valence-corrected chi connectivity index (χ2v) is 17.5. The number of ether oxygens (including phenoxy) is 1. The van der Waals surface area contributed by atoms with E-state index < -0.39 is 28.0 Å². The Morgan fingerprint density at radius 2 is 2.02 bits per heavy atom. The van der Waals surface area contributed by atoms with Crippen molar-refractivity contribution in [2.24, 2.45) is 17.8 Å². The van der Waals surface area contributed by atoms with Gasteiger partial charge in [0.05, 0.1) is 37.1 Å². The van der Waals surface area contributed by atoms with Crippen LogP contribution < -0.4 is 15.6 Å². The molecule has 3 aliphatic heterocycles. The monoisotopic (exact) mass is 687 g/mol. The Morgan fingerprint density at radius 3 is 2.76 bits per heavy atom. The maximum atomic E-state index is 13.9. The van der Waals surface area contributed by atoms with E-state index in [1.54, 1.807) is 16.3 Å². The van der Waals surface area contributed by atoms with Crippen LogP contribution in [0.2, 0.25) is 0 Å². The van der Waals surface area contributed by atoms with Crippen molar-refractivity contribution in [3.63, 3.8) is 0 Å². The molecular formula is C31H47ClFN5O5S2. The predicted molar refractivity (Wildman–Crippen MR) is 174 cm³/mol. The average molecular weight is 688 g/mol. The summed E-state index contributed by atoms with van der Waals surface area (Å²) in [4.78, 5) is 33.6. The Kier molecular flexibility index (Phi) is 10.2. The summed E-state index contributed by atoms with van der Waals surface area (Å²) in [6.45, 7) is 6.01. The molecule has 8 unspecified atom stereocenters. The first-order valence-corrected chi connectivity index (χ1v) is 19.9. The van der Waals surface area contributed by atoms with Crippen molar-refractivity contribution in [3.05, 3.63) is 27.4 Å². The molecule has 1 aromatic heterocycles. The molecule has 252 valence electrons. The molecule has 3 saturated heterocycles. The lowest BCUT2D eigenvalue weighted by atomic mass is 9.70. The van der Waals surface area contributed by atoms with Crippen LogP contribution >= 0.6 is 23.4 Å². The number of nitrogens with one attached hydrogen (secondary N) is 2. The lowest BCUT2D eigenvalue weighted by Gasteiger charge is -2.47. The third kappa shape index (κ3) is 7.43. The molecule has 1 saturated carbocycles. The molecule has 2 N–H and O–H groups in total. The van der Waals surface area contributed by atoms with Gasteiger partial charge in [-0.15, -0.1) is 11.6 Å². The molecule has 0 radical (unpaired) electrons. The van der Waals surface area contributed by atoms with Gasteiger partial charge in [0.25, 0.3) is 5.56 Å². The summed E-state index contributed by atoms with van der Waals surface area (Å²) in [5, 5.41) is 3.81. The topological polar surface area (TPSA) is 123 Å². The minimum absolute atomic E-state index is 0.00130. The lowest BCUT2D eigenvalue weighted by molar-refractivity contribution is -0.123. The highest BCUT2D eigenvalue weighted by molar-refractivity contribution is 8.00. The molecule has 6 rings (SSSR count). The van der Waals surface area contributed by atoms with Gasteiger partial charge < -0.3 is 10.1 Å². The van der Waals surface area contributed by atoms with Gasteiger partial charge in [-0.2, -0.15) is 11.8 Å². The van der Waals surface area contributed by atoms with Crippen LogP contribution in [0.4, 0.5) is 4.39 Å². The van der Waals surface area contributed by atoms with Crippen LogP contribution in [0.25, 0.3) is 0 Å². The molecule has 4 fully saturated rings. The zero-order valence-corrected chi connectivity index (χ0v) is 28.8. The van der Waals surface area contributed by atoms with Crippen LogP contribution in [0, 0.1) is 24.7 Å². The SMILES string of the molecule is Cc1nc2c(c(=O)n1CCOC1CCC(Cl)CC1C1CC(C)NC3C(C(=O)NS(C)(=O)=O)CSC13)C[C@@H](N1CC[C@@H](F)C1)CC2. The summed E-state index contributed by atoms with van der Waals surface area (Å²) in [6, 6.07) is 0.237. The summed E-state index contributed by atoms with van der Waals surface area (Å²) < 4.78 is 48.0. The summed E-state index contributed by atoms with van der Waals surface area (Å²) >= 11 is 8.49. The van der Waals surface area contributed by atoms with Crippen LogP contribution in [0.5, 0.6) is 0 Å². The fourth-order valence-electron chi connectivity index (χ4n) is 8.64. The van der Waals surface area contributed by atoms with Gasteiger partial charge in [0.15, 0.2) is 0 Å². The smallest absolute Gasteiger partial charge is 0.257 e. The standard InChI is InChI=1S/C31H47ClFN5O5S2/c1-17-12-23(29-28(34-17)25(16-44-29)30(39)36-45(3,41)42)22-13-19(32)4-7-27(22)43-11-10-38-18(2)35-26-6-5-21(14-24(26)31(38)40)37-9-8-20(33)15-37/h17,19-23,25,27-29,34H,4-16H2,1-3H3,(H,36,39)/t17?,19?,20-,21+,22?,23?,25?,27?,28?,29?/m1/s1. The van der Waals surface area contributed by atoms with Crippen LogP contribution in [-0.4, -0.2) is 102 Å². The Labute approximate surface area is 275 Å². The van der Waals surface area contributed by atoms with E-state index in [0.29, 0.717) is 44.1 Å². The molecule has 10 atom stereocenters. The Morgan fingerprint density at radius 1 is 1.22 bits per heavy atom. The molecule has 0 bridgehead atoms. The number of amides is 1. The highest BCUT2D eigenvalue weighted by Gasteiger charge is 2.52. The van der Waals surface area contributed by atoms with Crippen molar-refractivity contribution >= 4 is 39.3 Å². The van der Waals surface area contributed by atoms with Gasteiger partial charge in [-0.3, -0.25) is 23.8 Å². The molecule has 2 aliphatic carbocycles. The molecule has 0 aromatic carbocycles. The highest BCUT2D eigenvalue weighted by Crippen LogP contribution is 2.48. The number of sulfonamides is 1. The van der Waals surface area contributed by atoms with Crippen molar-refractivity contribution < 1.29 is 22.3 Å². The van der Waals surface area contributed by atoms with E-state index in [1.165, 1.54) is 0 Å². The van der Waals surface area contributed by atoms with Crippen molar-refractivity contribution in [1.82, 2.24) is 24.5 Å². The van der Waals surface area contributed by atoms with Crippen LogP contribution in [-0.2, 0) is 38.9 Å². The molecule has 0 spiro atoms. The quantitative estimate of drug-likeness (QED) is 0.397. The molecular weight excluding hydrogens is 641 g/mol. The molecule has 4 heterocycles. The van der Waals surface area contributed by atoms with E-state index in [9.17, 15) is 22.4 Å². The fraction of sp³-hybridized carbons (Fsp3) is 0.839. The van der Waals surface area contributed by atoms with Crippen molar-refractivity contribution in [2.45, 2.75) is 113 Å². The molecule has 5 aliphatic rings. The predicted octanol–water partition coefficient (Wildman–Crippen LogP) is 2.42. The molecule has 1 aromatic rings. The minimum Gasteiger partial charge on any atom is -0.376 e. The number of hydrogen-bond donors (Lipinski definition) is 2. The largest absolute Gasteiger partial charge is 0.376 e. The van der Waals surface area contributed by atoms with Crippen molar-refractivity contribution in [2.75, 3.05) is 31.7 Å². The van der Waals surface area contributed by atoms with Gasteiger partial charge in [0, 0.05) is 53.2 Å². The van der Waals surface area contributed by atoms with E-state index in [1.807, 2.05) is 6.92 Å². The summed E-state index contributed by atoms with van der Waals surface area (Å²) in [6.07, 6.45) is 6.50. The van der Waals surface area contributed by atoms with Gasteiger partial charge >= 0.3 is 0 Å². The number of thioether (sulfide) groups is 1. The first-order chi connectivity index (χ1) is 21.4. The zero-order chi connectivity index (χ0) is 32.0. The maximum Gasteiger partial charge on any atom is 0.257 e. The molecule has 1 amide bonds. The first kappa shape index (κ1) is 33.6. The second kappa shape index (κ2) is 13.7. The number of aryl methyl sites for hydroxylation is 2. The van der Waals surface area contributed by atoms with Crippen molar-refractivity contribution in [3.8, 4) is 0 Å². The normalized spacial score (nSPS) is 37.3. The van der Waals surface area contributed by atoms with Crippen LogP contribution in [0.15, 0.2) is 4.79 Å². The number of piperidine rings is 1. The van der Waals surface area contributed by atoms with E-state index in [2.05, 4.69) is 21.9 Å². The van der Waals surface area contributed by atoms with Gasteiger partial charge in [0.1, 0.15) is 12.0 Å². The fourth-order valence-corrected chi connectivity index (χ4v) is 11.3. The maximum absolute atomic E-state index is 13.9. The van der Waals surface area contributed by atoms with Crippen LogP contribution in [0.3, 0.4) is 0 Å². The Bertz CT molecular complexity index is 1430. The number of carbonyl (C=O) groups excluding carboxylic acids is 1. The summed E-state index contributed by atoms with van der Waals surface area (Å²) in [5.41, 5.74) is 1.65. The van der Waals surface area contributed by atoms with Gasteiger partial charge in [-0.25, -0.2) is 17.8 Å². The van der Waals surface area contributed by atoms with Crippen molar-refractivity contribution in [1.29, 1.82) is 0 Å². The lowest BCUT2D eigenvalue weighted by Crippen LogP contribution is -2.58. The zero-order valence-electron chi connectivity index (χ0n) is 26.4. The first-order valence-electron chi connectivity index (χ1n) is 16.5. The summed E-state index contributed by atoms with van der Waals surface area (Å²) in [5.74, 6) is 0.854. The van der Waals surface area contributed by atoms with E-state index in [4.69, 9.17) is 21.3 Å². The van der Waals surface area contributed by atoms with Gasteiger partial charge in [-0.05, 0) is 77.0 Å². The third-order valence-electron chi connectivity index (χ3n) is 10.7. The number of halogens is 2. The van der Waals surface area contributed by atoms with Gasteiger partial charge in [-0.1, -0.05) is 0 Å². The third-order valence-corrected chi connectivity index (χ3v) is 13.3. The number of likely N-dealkylation sites (tertiary alicyclic amines) is 1. The van der Waals surface area contributed by atoms with Crippen LogP contribution in [0.1, 0.15) is 62.5 Å². The number of aromatic nitrogens is 2. The number of nitrogens with zero attached hydrogens (tertiary/aromatic N) is 3. The molecule has 45 heavy (non-hydrogen) atoms. The summed E-state index contributed by atoms with van der Waals surface area (Å²) in [7, 11) is -3.63.